The number of halogens is 3. The zero-order valence-electron chi connectivity index (χ0n) is 14.2. The van der Waals surface area contributed by atoms with Crippen LogP contribution in [0.3, 0.4) is 0 Å². The number of rotatable bonds is 6. The molecule has 0 atom stereocenters. The zero-order valence-corrected chi connectivity index (χ0v) is 14.2. The van der Waals surface area contributed by atoms with Crippen molar-refractivity contribution in [3.63, 3.8) is 0 Å². The minimum Gasteiger partial charge on any atom is -0.406 e. The van der Waals surface area contributed by atoms with E-state index in [-0.39, 0.29) is 5.75 Å². The molecule has 0 bridgehead atoms. The molecule has 0 aliphatic rings. The van der Waals surface area contributed by atoms with Crippen molar-refractivity contribution in [2.45, 2.75) is 45.4 Å². The summed E-state index contributed by atoms with van der Waals surface area (Å²) in [6, 6.07) is 13.7. The van der Waals surface area contributed by atoms with Gasteiger partial charge in [0.25, 0.3) is 0 Å². The maximum atomic E-state index is 12.1. The molecule has 0 spiro atoms. The molecule has 0 aliphatic heterocycles. The molecule has 0 aliphatic carbocycles. The Morgan fingerprint density at radius 1 is 0.800 bits per heavy atom. The minimum absolute atomic E-state index is 0.245. The summed E-state index contributed by atoms with van der Waals surface area (Å²) in [6.07, 6.45) is 1.37. The largest absolute Gasteiger partial charge is 0.573 e. The molecule has 0 N–H and O–H groups in total. The molecule has 0 saturated heterocycles. The maximum Gasteiger partial charge on any atom is 0.573 e. The minimum atomic E-state index is -4.68. The Kier molecular flexibility index (Phi) is 6.94. The molecule has 0 amide bonds. The summed E-state index contributed by atoms with van der Waals surface area (Å²) in [6.45, 7) is 2.20. The van der Waals surface area contributed by atoms with Gasteiger partial charge in [0.05, 0.1) is 0 Å². The summed E-state index contributed by atoms with van der Waals surface area (Å²) in [5.74, 6) is 5.72. The highest BCUT2D eigenvalue weighted by atomic mass is 19.4. The van der Waals surface area contributed by atoms with Crippen molar-refractivity contribution in [2.24, 2.45) is 0 Å². The number of ether oxygens (including phenoxy) is 1. The Hall–Kier alpha value is -2.41. The van der Waals surface area contributed by atoms with Crippen LogP contribution in [0.15, 0.2) is 48.5 Å². The van der Waals surface area contributed by atoms with E-state index < -0.39 is 6.36 Å². The van der Waals surface area contributed by atoms with Gasteiger partial charge in [-0.05, 0) is 54.8 Å². The van der Waals surface area contributed by atoms with E-state index >= 15 is 0 Å². The molecular formula is C21H21F3O. The predicted octanol–water partition coefficient (Wildman–Crippen LogP) is 6.11. The Balaban J connectivity index is 1.92. The quantitative estimate of drug-likeness (QED) is 0.453. The first kappa shape index (κ1) is 18.9. The topological polar surface area (TPSA) is 9.23 Å². The van der Waals surface area contributed by atoms with E-state index in [0.717, 1.165) is 12.0 Å². The van der Waals surface area contributed by atoms with E-state index in [0.29, 0.717) is 5.56 Å². The Bertz CT molecular complexity index is 704. The summed E-state index contributed by atoms with van der Waals surface area (Å²) in [7, 11) is 0. The normalized spacial score (nSPS) is 10.9. The molecule has 2 aromatic rings. The Morgan fingerprint density at radius 2 is 1.36 bits per heavy atom. The number of benzene rings is 2. The first-order chi connectivity index (χ1) is 12.0. The molecule has 0 unspecified atom stereocenters. The summed E-state index contributed by atoms with van der Waals surface area (Å²) < 4.78 is 40.2. The third kappa shape index (κ3) is 7.34. The fourth-order valence-corrected chi connectivity index (χ4v) is 2.39. The molecule has 25 heavy (non-hydrogen) atoms. The van der Waals surface area contributed by atoms with Crippen LogP contribution in [0.1, 0.15) is 49.3 Å². The average Bonchev–Trinajstić information content (AvgIpc) is 2.58. The van der Waals surface area contributed by atoms with E-state index in [1.165, 1.54) is 55.5 Å². The third-order valence-electron chi connectivity index (χ3n) is 3.71. The van der Waals surface area contributed by atoms with E-state index in [1.54, 1.807) is 0 Å². The molecule has 2 aromatic carbocycles. The molecule has 2 rings (SSSR count). The van der Waals surface area contributed by atoms with Crippen LogP contribution in [0.2, 0.25) is 0 Å². The molecule has 132 valence electrons. The summed E-state index contributed by atoms with van der Waals surface area (Å²) in [4.78, 5) is 0. The van der Waals surface area contributed by atoms with Gasteiger partial charge >= 0.3 is 6.36 Å². The number of alkyl halides is 3. The molecular weight excluding hydrogens is 325 g/mol. The fraction of sp³-hybridized carbons (Fsp3) is 0.333. The number of hydrogen-bond acceptors (Lipinski definition) is 1. The third-order valence-corrected chi connectivity index (χ3v) is 3.71. The first-order valence-electron chi connectivity index (χ1n) is 8.43. The molecule has 1 nitrogen and oxygen atoms in total. The second kappa shape index (κ2) is 9.17. The van der Waals surface area contributed by atoms with Crippen molar-refractivity contribution in [2.75, 3.05) is 0 Å². The van der Waals surface area contributed by atoms with Crippen LogP contribution in [0.5, 0.6) is 5.75 Å². The lowest BCUT2D eigenvalue weighted by molar-refractivity contribution is -0.274. The number of unbranched alkanes of at least 4 members (excludes halogenated alkanes) is 3. The van der Waals surface area contributed by atoms with Crippen molar-refractivity contribution in [3.05, 3.63) is 65.2 Å². The van der Waals surface area contributed by atoms with Gasteiger partial charge in [0, 0.05) is 11.1 Å². The van der Waals surface area contributed by atoms with Crippen molar-refractivity contribution in [1.82, 2.24) is 0 Å². The van der Waals surface area contributed by atoms with Gasteiger partial charge < -0.3 is 4.74 Å². The fourth-order valence-electron chi connectivity index (χ4n) is 2.39. The monoisotopic (exact) mass is 346 g/mol. The standard InChI is InChI=1S/C21H21F3O/c1-2-3-4-5-6-17-7-9-18(10-8-17)11-12-19-13-15-20(16-14-19)25-21(22,23)24/h7-10,13-16H,2-6H2,1H3. The van der Waals surface area contributed by atoms with Crippen LogP contribution in [-0.2, 0) is 6.42 Å². The maximum absolute atomic E-state index is 12.1. The van der Waals surface area contributed by atoms with E-state index in [1.807, 2.05) is 12.1 Å². The van der Waals surface area contributed by atoms with Gasteiger partial charge in [0.2, 0.25) is 0 Å². The predicted molar refractivity (Wildman–Crippen MR) is 93.4 cm³/mol. The number of aryl methyl sites for hydroxylation is 1. The van der Waals surface area contributed by atoms with Crippen molar-refractivity contribution < 1.29 is 17.9 Å². The van der Waals surface area contributed by atoms with Gasteiger partial charge in [-0.25, -0.2) is 0 Å². The smallest absolute Gasteiger partial charge is 0.406 e. The molecule has 0 fully saturated rings. The van der Waals surface area contributed by atoms with E-state index in [4.69, 9.17) is 0 Å². The van der Waals surface area contributed by atoms with Gasteiger partial charge in [-0.3, -0.25) is 0 Å². The Morgan fingerprint density at radius 3 is 1.88 bits per heavy atom. The SMILES string of the molecule is CCCCCCc1ccc(C#Cc2ccc(OC(F)(F)F)cc2)cc1. The lowest BCUT2D eigenvalue weighted by atomic mass is 10.0. The summed E-state index contributed by atoms with van der Waals surface area (Å²) >= 11 is 0. The second-order valence-electron chi connectivity index (χ2n) is 5.83. The summed E-state index contributed by atoms with van der Waals surface area (Å²) in [5, 5.41) is 0. The van der Waals surface area contributed by atoms with Crippen LogP contribution in [-0.4, -0.2) is 6.36 Å². The highest BCUT2D eigenvalue weighted by Gasteiger charge is 2.30. The summed E-state index contributed by atoms with van der Waals surface area (Å²) in [5.41, 5.74) is 2.82. The van der Waals surface area contributed by atoms with Gasteiger partial charge in [0.1, 0.15) is 5.75 Å². The van der Waals surface area contributed by atoms with Crippen LogP contribution in [0.25, 0.3) is 0 Å². The van der Waals surface area contributed by atoms with E-state index in [9.17, 15) is 13.2 Å². The molecule has 0 heterocycles. The molecule has 0 radical (unpaired) electrons. The lowest BCUT2D eigenvalue weighted by Gasteiger charge is -2.07. The molecule has 0 saturated carbocycles. The van der Waals surface area contributed by atoms with Gasteiger partial charge in [-0.1, -0.05) is 50.2 Å². The van der Waals surface area contributed by atoms with Gasteiger partial charge in [-0.15, -0.1) is 13.2 Å². The second-order valence-corrected chi connectivity index (χ2v) is 5.83. The number of hydrogen-bond donors (Lipinski definition) is 0. The Labute approximate surface area is 146 Å². The van der Waals surface area contributed by atoms with E-state index in [2.05, 4.69) is 35.6 Å². The van der Waals surface area contributed by atoms with Crippen molar-refractivity contribution in [3.8, 4) is 17.6 Å². The highest BCUT2D eigenvalue weighted by molar-refractivity contribution is 5.44. The van der Waals surface area contributed by atoms with Crippen molar-refractivity contribution >= 4 is 0 Å². The van der Waals surface area contributed by atoms with Gasteiger partial charge in [0.15, 0.2) is 0 Å². The first-order valence-corrected chi connectivity index (χ1v) is 8.43. The van der Waals surface area contributed by atoms with Gasteiger partial charge in [-0.2, -0.15) is 0 Å². The van der Waals surface area contributed by atoms with Crippen molar-refractivity contribution in [1.29, 1.82) is 0 Å². The van der Waals surface area contributed by atoms with Crippen LogP contribution in [0.4, 0.5) is 13.2 Å². The molecule has 0 aromatic heterocycles. The highest BCUT2D eigenvalue weighted by Crippen LogP contribution is 2.22. The zero-order chi connectivity index (χ0) is 18.1. The molecule has 4 heteroatoms. The van der Waals surface area contributed by atoms with Crippen LogP contribution in [0, 0.1) is 11.8 Å². The van der Waals surface area contributed by atoms with Crippen LogP contribution >= 0.6 is 0 Å². The average molecular weight is 346 g/mol. The van der Waals surface area contributed by atoms with Crippen LogP contribution < -0.4 is 4.74 Å². The lowest BCUT2D eigenvalue weighted by Crippen LogP contribution is -2.16.